The van der Waals surface area contributed by atoms with Crippen molar-refractivity contribution in [2.45, 2.75) is 32.8 Å². The van der Waals surface area contributed by atoms with Crippen LogP contribution < -0.4 is 15.2 Å². The van der Waals surface area contributed by atoms with E-state index >= 15 is 0 Å². The number of rotatable bonds is 7. The Morgan fingerprint density at radius 3 is 2.59 bits per heavy atom. The number of hydrogen-bond donors (Lipinski definition) is 2. The largest absolute Gasteiger partial charge is 0.492 e. The van der Waals surface area contributed by atoms with Gasteiger partial charge in [0.1, 0.15) is 18.1 Å². The van der Waals surface area contributed by atoms with Crippen molar-refractivity contribution in [2.24, 2.45) is 5.73 Å². The van der Waals surface area contributed by atoms with Crippen molar-refractivity contribution >= 4 is 17.7 Å². The first-order valence-electron chi connectivity index (χ1n) is 10.8. The Morgan fingerprint density at radius 2 is 1.91 bits per heavy atom. The molecule has 2 aromatic carbocycles. The van der Waals surface area contributed by atoms with Crippen LogP contribution in [0.3, 0.4) is 0 Å². The predicted molar refractivity (Wildman–Crippen MR) is 125 cm³/mol. The van der Waals surface area contributed by atoms with Crippen LogP contribution >= 0.6 is 0 Å². The van der Waals surface area contributed by atoms with Crippen LogP contribution in [0.4, 0.5) is 0 Å². The van der Waals surface area contributed by atoms with E-state index < -0.39 is 5.97 Å². The number of benzene rings is 2. The molecule has 176 valence electrons. The van der Waals surface area contributed by atoms with Gasteiger partial charge in [-0.25, -0.2) is 0 Å². The highest BCUT2D eigenvalue weighted by Crippen LogP contribution is 2.35. The summed E-state index contributed by atoms with van der Waals surface area (Å²) in [6, 6.07) is 16.0. The number of carboxylic acid groups (broad SMARTS) is 1. The fraction of sp³-hybridized carbons (Fsp3) is 0.231. The van der Waals surface area contributed by atoms with Crippen molar-refractivity contribution in [2.75, 3.05) is 6.61 Å². The lowest BCUT2D eigenvalue weighted by Crippen LogP contribution is -2.16. The maximum atomic E-state index is 11.9. The molecule has 0 unspecified atom stereocenters. The number of carbonyl (C=O) groups is 3. The van der Waals surface area contributed by atoms with Crippen LogP contribution in [0.15, 0.2) is 60.8 Å². The molecule has 1 aliphatic rings. The molecule has 34 heavy (non-hydrogen) atoms. The highest BCUT2D eigenvalue weighted by Gasteiger charge is 2.22. The second kappa shape index (κ2) is 11.6. The third-order valence-corrected chi connectivity index (χ3v) is 5.16. The molecular formula is C26H26N2O6. The van der Waals surface area contributed by atoms with Crippen molar-refractivity contribution < 1.29 is 29.0 Å². The summed E-state index contributed by atoms with van der Waals surface area (Å²) in [6.45, 7) is 2.60. The number of ketones is 1. The molecule has 0 bridgehead atoms. The minimum absolute atomic E-state index is 0.0482. The molecule has 0 saturated carbocycles. The highest BCUT2D eigenvalue weighted by molar-refractivity contribution is 6.00. The zero-order valence-electron chi connectivity index (χ0n) is 18.8. The Hall–Kier alpha value is -4.20. The van der Waals surface area contributed by atoms with Crippen molar-refractivity contribution in [1.82, 2.24) is 4.98 Å². The zero-order chi connectivity index (χ0) is 24.5. The predicted octanol–water partition coefficient (Wildman–Crippen LogP) is 3.74. The number of aryl methyl sites for hydroxylation is 1. The molecule has 4 rings (SSSR count). The maximum absolute atomic E-state index is 11.9. The monoisotopic (exact) mass is 462 g/mol. The number of carboxylic acids is 1. The van der Waals surface area contributed by atoms with Gasteiger partial charge in [0.25, 0.3) is 0 Å². The van der Waals surface area contributed by atoms with Gasteiger partial charge in [0, 0.05) is 35.9 Å². The minimum Gasteiger partial charge on any atom is -0.492 e. The summed E-state index contributed by atoms with van der Waals surface area (Å²) in [5.74, 6) is 0.134. The first-order chi connectivity index (χ1) is 16.3. The van der Waals surface area contributed by atoms with Gasteiger partial charge in [0.05, 0.1) is 18.6 Å². The average molecular weight is 463 g/mol. The number of nitrogens with zero attached hydrogens (tertiary/aromatic N) is 1. The van der Waals surface area contributed by atoms with Crippen LogP contribution in [0.1, 0.15) is 50.4 Å². The first-order valence-corrected chi connectivity index (χ1v) is 10.8. The van der Waals surface area contributed by atoms with Crippen molar-refractivity contribution in [3.63, 3.8) is 0 Å². The van der Waals surface area contributed by atoms with Crippen molar-refractivity contribution in [3.8, 4) is 11.5 Å². The summed E-state index contributed by atoms with van der Waals surface area (Å²) in [4.78, 5) is 37.2. The molecule has 8 heteroatoms. The molecule has 0 aliphatic carbocycles. The number of aromatic nitrogens is 1. The maximum Gasteiger partial charge on any atom is 0.303 e. The van der Waals surface area contributed by atoms with E-state index in [2.05, 4.69) is 4.98 Å². The molecule has 0 spiro atoms. The summed E-state index contributed by atoms with van der Waals surface area (Å²) in [5.41, 5.74) is 8.58. The molecule has 1 aliphatic heterocycles. The molecule has 3 aromatic rings. The molecule has 8 nitrogen and oxygen atoms in total. The number of nitrogens with two attached hydrogens (primary N) is 1. The zero-order valence-corrected chi connectivity index (χ0v) is 18.8. The summed E-state index contributed by atoms with van der Waals surface area (Å²) in [5, 5.41) is 8.75. The van der Waals surface area contributed by atoms with Gasteiger partial charge in [-0.3, -0.25) is 19.4 Å². The fourth-order valence-electron chi connectivity index (χ4n) is 3.37. The number of hydrogen-bond acceptors (Lipinski definition) is 6. The second-order valence-electron chi connectivity index (χ2n) is 7.66. The Balaban J connectivity index is 0.000000302. The number of pyridine rings is 1. The third-order valence-electron chi connectivity index (χ3n) is 5.16. The number of aliphatic carboxylic acids is 1. The molecule has 1 aromatic heterocycles. The van der Waals surface area contributed by atoms with Gasteiger partial charge in [-0.1, -0.05) is 18.2 Å². The van der Waals surface area contributed by atoms with Crippen LogP contribution in [-0.2, 0) is 17.8 Å². The normalized spacial score (nSPS) is 12.0. The van der Waals surface area contributed by atoms with Crippen LogP contribution in [0.25, 0.3) is 0 Å². The number of fused-ring (bicyclic) bond motifs is 1. The number of Topliss-reactive ketones (excluding diaryl/α,β-unsaturated/α-hetero) is 1. The lowest BCUT2D eigenvalue weighted by molar-refractivity contribution is -0.136. The summed E-state index contributed by atoms with van der Waals surface area (Å²) < 4.78 is 11.5. The molecule has 2 heterocycles. The lowest BCUT2D eigenvalue weighted by atomic mass is 10.0. The van der Waals surface area contributed by atoms with Crippen LogP contribution in [0.5, 0.6) is 11.5 Å². The Kier molecular flexibility index (Phi) is 8.34. The fourth-order valence-corrected chi connectivity index (χ4v) is 3.37. The van der Waals surface area contributed by atoms with Crippen LogP contribution in [0, 0.1) is 6.92 Å². The molecule has 0 fully saturated rings. The highest BCUT2D eigenvalue weighted by atomic mass is 16.5. The summed E-state index contributed by atoms with van der Waals surface area (Å²) in [7, 11) is 0. The lowest BCUT2D eigenvalue weighted by Gasteiger charge is -2.20. The van der Waals surface area contributed by atoms with Gasteiger partial charge in [0.2, 0.25) is 5.91 Å². The van der Waals surface area contributed by atoms with E-state index in [-0.39, 0.29) is 18.1 Å². The van der Waals surface area contributed by atoms with E-state index in [1.165, 1.54) is 0 Å². The van der Waals surface area contributed by atoms with E-state index in [4.69, 9.17) is 20.3 Å². The van der Waals surface area contributed by atoms with E-state index in [9.17, 15) is 14.4 Å². The van der Waals surface area contributed by atoms with Gasteiger partial charge in [-0.2, -0.15) is 0 Å². The van der Waals surface area contributed by atoms with Crippen molar-refractivity contribution in [3.05, 3.63) is 88.7 Å². The van der Waals surface area contributed by atoms with Crippen LogP contribution in [-0.4, -0.2) is 34.4 Å². The van der Waals surface area contributed by atoms with E-state index in [1.807, 2.05) is 25.1 Å². The molecule has 1 amide bonds. The van der Waals surface area contributed by atoms with Gasteiger partial charge >= 0.3 is 5.97 Å². The molecule has 3 N–H and O–H groups in total. The molecule has 0 atom stereocenters. The smallest absolute Gasteiger partial charge is 0.303 e. The van der Waals surface area contributed by atoms with E-state index in [0.717, 1.165) is 16.8 Å². The van der Waals surface area contributed by atoms with E-state index in [1.54, 1.807) is 42.6 Å². The summed E-state index contributed by atoms with van der Waals surface area (Å²) >= 11 is 0. The van der Waals surface area contributed by atoms with Gasteiger partial charge < -0.3 is 20.3 Å². The standard InChI is InChI=1S/C19H19NO5.C7H7NO/c1-12-17(4-3-15-16(21)7-9-24-19(12)15)25-11-13-6-8-20-14(10-13)2-5-18(22)23;8-7(9)6-4-2-1-3-5-6/h3-4,6,8,10H,2,5,7,9,11H2,1H3,(H,22,23);1-5H,(H2,8,9). The Bertz CT molecular complexity index is 1180. The quantitative estimate of drug-likeness (QED) is 0.547. The second-order valence-corrected chi connectivity index (χ2v) is 7.66. The minimum atomic E-state index is -0.845. The SMILES string of the molecule is Cc1c(OCc2ccnc(CCC(=O)O)c2)ccc2c1OCCC2=O.NC(=O)c1ccccc1. The number of carbonyl (C=O) groups excluding carboxylic acids is 2. The average Bonchev–Trinajstić information content (AvgIpc) is 2.84. The molecular weight excluding hydrogens is 436 g/mol. The number of ether oxygens (including phenoxy) is 2. The van der Waals surface area contributed by atoms with Gasteiger partial charge in [0.15, 0.2) is 5.78 Å². The van der Waals surface area contributed by atoms with Gasteiger partial charge in [-0.05, 0) is 48.9 Å². The van der Waals surface area contributed by atoms with Crippen molar-refractivity contribution in [1.29, 1.82) is 0 Å². The van der Waals surface area contributed by atoms with Crippen LogP contribution in [0.2, 0.25) is 0 Å². The first kappa shape index (κ1) is 24.4. The van der Waals surface area contributed by atoms with E-state index in [0.29, 0.717) is 48.7 Å². The topological polar surface area (TPSA) is 129 Å². The Morgan fingerprint density at radius 1 is 1.15 bits per heavy atom. The van der Waals surface area contributed by atoms with Gasteiger partial charge in [-0.15, -0.1) is 0 Å². The number of primary amides is 1. The molecule has 0 radical (unpaired) electrons. The third kappa shape index (κ3) is 6.65. The summed E-state index contributed by atoms with van der Waals surface area (Å²) in [6.07, 6.45) is 2.49. The Labute approximate surface area is 197 Å². The molecule has 0 saturated heterocycles. The number of amides is 1.